The predicted molar refractivity (Wildman–Crippen MR) is 72.3 cm³/mol. The number of hydrogen-bond donors (Lipinski definition) is 2. The molecule has 3 rings (SSSR count). The largest absolute Gasteiger partial charge is 0.411 e. The molecule has 0 saturated heterocycles. The van der Waals surface area contributed by atoms with E-state index < -0.39 is 5.60 Å². The van der Waals surface area contributed by atoms with Crippen molar-refractivity contribution in [2.45, 2.75) is 44.6 Å². The third-order valence-electron chi connectivity index (χ3n) is 4.77. The lowest BCUT2D eigenvalue weighted by Gasteiger charge is -2.29. The van der Waals surface area contributed by atoms with Crippen molar-refractivity contribution in [1.29, 1.82) is 0 Å². The summed E-state index contributed by atoms with van der Waals surface area (Å²) in [5.74, 6) is 0.487. The fourth-order valence-corrected chi connectivity index (χ4v) is 3.88. The Balaban J connectivity index is 1.81. The molecule has 4 heteroatoms. The van der Waals surface area contributed by atoms with Crippen molar-refractivity contribution >= 4 is 5.71 Å². The van der Waals surface area contributed by atoms with E-state index in [-0.39, 0.29) is 11.8 Å². The molecular formula is C15H20N2O2. The summed E-state index contributed by atoms with van der Waals surface area (Å²) in [5.41, 5.74) is 2.13. The lowest BCUT2D eigenvalue weighted by molar-refractivity contribution is -0.00119. The molecule has 2 saturated carbocycles. The van der Waals surface area contributed by atoms with Crippen molar-refractivity contribution in [2.75, 3.05) is 0 Å². The van der Waals surface area contributed by atoms with Gasteiger partial charge in [0.25, 0.3) is 0 Å². The van der Waals surface area contributed by atoms with E-state index in [1.807, 2.05) is 25.1 Å². The second-order valence-electron chi connectivity index (χ2n) is 5.93. The topological polar surface area (TPSA) is 65.7 Å². The van der Waals surface area contributed by atoms with Gasteiger partial charge in [0, 0.05) is 23.7 Å². The summed E-state index contributed by atoms with van der Waals surface area (Å²) in [4.78, 5) is 4.50. The zero-order valence-corrected chi connectivity index (χ0v) is 11.2. The van der Waals surface area contributed by atoms with E-state index in [2.05, 4.69) is 10.1 Å². The molecule has 0 radical (unpaired) electrons. The van der Waals surface area contributed by atoms with Gasteiger partial charge in [0.15, 0.2) is 0 Å². The first-order valence-electron chi connectivity index (χ1n) is 6.98. The summed E-state index contributed by atoms with van der Waals surface area (Å²) in [5, 5.41) is 23.4. The van der Waals surface area contributed by atoms with Crippen molar-refractivity contribution in [3.05, 3.63) is 29.6 Å². The van der Waals surface area contributed by atoms with E-state index in [1.54, 1.807) is 0 Å². The first kappa shape index (κ1) is 12.6. The molecule has 2 aliphatic carbocycles. The molecule has 0 aliphatic heterocycles. The molecule has 0 spiro atoms. The number of nitrogens with zero attached hydrogens (tertiary/aromatic N) is 2. The van der Waals surface area contributed by atoms with Crippen LogP contribution in [0, 0.1) is 18.8 Å². The Kier molecular flexibility index (Phi) is 3.05. The quantitative estimate of drug-likeness (QED) is 0.633. The van der Waals surface area contributed by atoms with Crippen LogP contribution in [-0.4, -0.2) is 26.6 Å². The predicted octanol–water partition coefficient (Wildman–Crippen LogP) is 2.31. The van der Waals surface area contributed by atoms with Crippen LogP contribution in [0.15, 0.2) is 23.4 Å². The molecule has 0 amide bonds. The highest BCUT2D eigenvalue weighted by Gasteiger charge is 2.51. The molecule has 2 N–H and O–H groups in total. The van der Waals surface area contributed by atoms with Crippen LogP contribution in [0.25, 0.3) is 0 Å². The second kappa shape index (κ2) is 4.60. The van der Waals surface area contributed by atoms with Gasteiger partial charge in [-0.1, -0.05) is 11.2 Å². The van der Waals surface area contributed by atoms with Gasteiger partial charge in [-0.25, -0.2) is 0 Å². The van der Waals surface area contributed by atoms with Crippen LogP contribution in [0.3, 0.4) is 0 Å². The molecular weight excluding hydrogens is 240 g/mol. The number of aliphatic hydroxyl groups is 1. The molecule has 1 heterocycles. The van der Waals surface area contributed by atoms with E-state index in [9.17, 15) is 5.11 Å². The summed E-state index contributed by atoms with van der Waals surface area (Å²) in [7, 11) is 0. The SMILES string of the molecule is Cc1cccc(C[C@@]2(O)CC[C@@H]3/C(=N/O)CC[C@@H]32)n1. The van der Waals surface area contributed by atoms with Gasteiger partial charge in [-0.15, -0.1) is 0 Å². The highest BCUT2D eigenvalue weighted by molar-refractivity contribution is 5.89. The lowest BCUT2D eigenvalue weighted by atomic mass is 9.84. The van der Waals surface area contributed by atoms with Crippen LogP contribution >= 0.6 is 0 Å². The number of aryl methyl sites for hydroxylation is 1. The minimum Gasteiger partial charge on any atom is -0.411 e. The molecule has 2 aliphatic rings. The number of rotatable bonds is 2. The molecule has 0 bridgehead atoms. The van der Waals surface area contributed by atoms with Crippen molar-refractivity contribution in [1.82, 2.24) is 4.98 Å². The molecule has 0 aromatic carbocycles. The first-order chi connectivity index (χ1) is 9.12. The molecule has 19 heavy (non-hydrogen) atoms. The minimum atomic E-state index is -0.683. The Morgan fingerprint density at radius 2 is 2.26 bits per heavy atom. The fourth-order valence-electron chi connectivity index (χ4n) is 3.88. The summed E-state index contributed by atoms with van der Waals surface area (Å²) in [6.45, 7) is 1.97. The smallest absolute Gasteiger partial charge is 0.0737 e. The number of fused-ring (bicyclic) bond motifs is 1. The molecule has 3 atom stereocenters. The highest BCUT2D eigenvalue weighted by atomic mass is 16.4. The molecule has 102 valence electrons. The van der Waals surface area contributed by atoms with Crippen molar-refractivity contribution in [2.24, 2.45) is 17.0 Å². The molecule has 1 aromatic heterocycles. The number of oxime groups is 1. The van der Waals surface area contributed by atoms with Crippen LogP contribution in [0.4, 0.5) is 0 Å². The van der Waals surface area contributed by atoms with Crippen LogP contribution in [0.5, 0.6) is 0 Å². The van der Waals surface area contributed by atoms with E-state index in [0.29, 0.717) is 6.42 Å². The average molecular weight is 260 g/mol. The van der Waals surface area contributed by atoms with Crippen molar-refractivity contribution in [3.8, 4) is 0 Å². The van der Waals surface area contributed by atoms with E-state index in [1.165, 1.54) is 0 Å². The zero-order chi connectivity index (χ0) is 13.5. The highest BCUT2D eigenvalue weighted by Crippen LogP contribution is 2.49. The van der Waals surface area contributed by atoms with Gasteiger partial charge in [-0.2, -0.15) is 0 Å². The average Bonchev–Trinajstić information content (AvgIpc) is 2.91. The van der Waals surface area contributed by atoms with Gasteiger partial charge in [-0.3, -0.25) is 4.98 Å². The van der Waals surface area contributed by atoms with Gasteiger partial charge in [-0.05, 0) is 50.7 Å². The minimum absolute atomic E-state index is 0.223. The Hall–Kier alpha value is -1.42. The fraction of sp³-hybridized carbons (Fsp3) is 0.600. The van der Waals surface area contributed by atoms with Gasteiger partial charge in [0.2, 0.25) is 0 Å². The second-order valence-corrected chi connectivity index (χ2v) is 5.93. The standard InChI is InChI=1S/C15H20N2O2/c1-10-3-2-4-11(16-10)9-15(18)8-7-12-13(15)5-6-14(12)17-19/h2-4,12-13,18-19H,5-9H2,1H3/b17-14+/t12-,13-,15-/m0/s1. The summed E-state index contributed by atoms with van der Waals surface area (Å²) in [6, 6.07) is 5.94. The van der Waals surface area contributed by atoms with Gasteiger partial charge >= 0.3 is 0 Å². The maximum Gasteiger partial charge on any atom is 0.0737 e. The van der Waals surface area contributed by atoms with Crippen LogP contribution in [-0.2, 0) is 6.42 Å². The summed E-state index contributed by atoms with van der Waals surface area (Å²) in [6.07, 6.45) is 4.04. The van der Waals surface area contributed by atoms with Crippen LogP contribution < -0.4 is 0 Å². The third-order valence-corrected chi connectivity index (χ3v) is 4.77. The number of pyridine rings is 1. The van der Waals surface area contributed by atoms with E-state index in [0.717, 1.165) is 42.8 Å². The van der Waals surface area contributed by atoms with E-state index in [4.69, 9.17) is 5.21 Å². The van der Waals surface area contributed by atoms with Crippen LogP contribution in [0.1, 0.15) is 37.1 Å². The number of hydrogen-bond acceptors (Lipinski definition) is 4. The van der Waals surface area contributed by atoms with Crippen molar-refractivity contribution < 1.29 is 10.3 Å². The Morgan fingerprint density at radius 1 is 1.42 bits per heavy atom. The van der Waals surface area contributed by atoms with Gasteiger partial charge < -0.3 is 10.3 Å². The summed E-state index contributed by atoms with van der Waals surface area (Å²) < 4.78 is 0. The zero-order valence-electron chi connectivity index (χ0n) is 11.2. The van der Waals surface area contributed by atoms with E-state index >= 15 is 0 Å². The van der Waals surface area contributed by atoms with Gasteiger partial charge in [0.05, 0.1) is 11.3 Å². The molecule has 2 fully saturated rings. The first-order valence-corrected chi connectivity index (χ1v) is 6.98. The maximum atomic E-state index is 10.9. The third kappa shape index (κ3) is 2.14. The van der Waals surface area contributed by atoms with Crippen LogP contribution in [0.2, 0.25) is 0 Å². The van der Waals surface area contributed by atoms with Crippen molar-refractivity contribution in [3.63, 3.8) is 0 Å². The normalized spacial score (nSPS) is 35.8. The monoisotopic (exact) mass is 260 g/mol. The molecule has 1 aromatic rings. The Morgan fingerprint density at radius 3 is 3.00 bits per heavy atom. The summed E-state index contributed by atoms with van der Waals surface area (Å²) >= 11 is 0. The number of aromatic nitrogens is 1. The van der Waals surface area contributed by atoms with Gasteiger partial charge in [0.1, 0.15) is 0 Å². The maximum absolute atomic E-state index is 10.9. The molecule has 0 unspecified atom stereocenters. The molecule has 4 nitrogen and oxygen atoms in total. The Bertz CT molecular complexity index is 515. The Labute approximate surface area is 113 Å². The lowest BCUT2D eigenvalue weighted by Crippen LogP contribution is -2.36.